The second-order valence-electron chi connectivity index (χ2n) is 11.7. The summed E-state index contributed by atoms with van der Waals surface area (Å²) in [5.74, 6) is -2.38. The van der Waals surface area contributed by atoms with Crippen molar-refractivity contribution < 1.29 is 23.0 Å². The summed E-state index contributed by atoms with van der Waals surface area (Å²) in [7, 11) is 3.25. The molecule has 10 nitrogen and oxygen atoms in total. The first-order valence-electron chi connectivity index (χ1n) is 15.6. The van der Waals surface area contributed by atoms with E-state index in [1.807, 2.05) is 44.2 Å². The van der Waals surface area contributed by atoms with Gasteiger partial charge >= 0.3 is 6.01 Å². The zero-order valence-electron chi connectivity index (χ0n) is 27.3. The quantitative estimate of drug-likeness (QED) is 0.223. The molecule has 0 spiro atoms. The molecule has 3 heterocycles. The summed E-state index contributed by atoms with van der Waals surface area (Å²) < 4.78 is 37.8. The molecule has 0 aliphatic carbocycles. The molecule has 0 unspecified atom stereocenters. The number of benzene rings is 2. The molecule has 0 radical (unpaired) electrons. The van der Waals surface area contributed by atoms with Crippen molar-refractivity contribution >= 4 is 39.8 Å². The molecular weight excluding hydrogens is 628 g/mol. The molecule has 3 aromatic rings. The van der Waals surface area contributed by atoms with Crippen LogP contribution in [0.1, 0.15) is 31.5 Å². The number of nitrogens with two attached hydrogens (primary N) is 1. The average Bonchev–Trinajstić information content (AvgIpc) is 3.31. The number of carbonyl (C=O) groups is 1. The highest BCUT2D eigenvalue weighted by atomic mass is 35.5. The van der Waals surface area contributed by atoms with Crippen LogP contribution in [0, 0.1) is 6.57 Å². The highest BCUT2D eigenvalue weighted by Crippen LogP contribution is 2.36. The van der Waals surface area contributed by atoms with Crippen molar-refractivity contribution in [2.24, 2.45) is 0 Å². The van der Waals surface area contributed by atoms with Crippen LogP contribution in [-0.2, 0) is 22.5 Å². The zero-order chi connectivity index (χ0) is 34.1. The molecule has 252 valence electrons. The third kappa shape index (κ3) is 9.06. The summed E-state index contributed by atoms with van der Waals surface area (Å²) in [6, 6.07) is 11.7. The molecule has 2 aliphatic rings. The van der Waals surface area contributed by atoms with Crippen molar-refractivity contribution in [1.29, 1.82) is 0 Å². The first-order chi connectivity index (χ1) is 22.5. The number of nitrogens with zero attached hydrogens (tertiary/aromatic N) is 6. The van der Waals surface area contributed by atoms with Crippen molar-refractivity contribution in [3.63, 3.8) is 0 Å². The normalized spacial score (nSPS) is 17.9. The Bertz CT molecular complexity index is 1610. The van der Waals surface area contributed by atoms with E-state index in [0.717, 1.165) is 34.3 Å². The second-order valence-corrected chi connectivity index (χ2v) is 12.1. The number of rotatable bonds is 10. The number of likely N-dealkylation sites (N-methyl/N-ethyl adjacent to an activating group) is 2. The molecule has 1 aromatic heterocycles. The number of nitrogen functional groups attached to an aromatic ring is 1. The summed E-state index contributed by atoms with van der Waals surface area (Å²) >= 11 is 6.52. The number of aromatic nitrogens is 2. The number of methoxy groups -OCH3 is 1. The first-order valence-corrected chi connectivity index (χ1v) is 15.9. The molecule has 2 aromatic carbocycles. The number of hydrogen-bond donors (Lipinski definition) is 1. The second kappa shape index (κ2) is 16.2. The third-order valence-corrected chi connectivity index (χ3v) is 8.64. The topological polar surface area (TPSA) is 101 Å². The van der Waals surface area contributed by atoms with Crippen molar-refractivity contribution in [3.8, 4) is 6.01 Å². The Kier molecular flexibility index (Phi) is 12.3. The van der Waals surface area contributed by atoms with Crippen LogP contribution in [0.3, 0.4) is 0 Å². The minimum absolute atomic E-state index is 0.0350. The number of fused-ring (bicyclic) bond motifs is 2. The van der Waals surface area contributed by atoms with Crippen molar-refractivity contribution in [2.75, 3.05) is 64.2 Å². The van der Waals surface area contributed by atoms with E-state index in [-0.39, 0.29) is 43.6 Å². The fourth-order valence-electron chi connectivity index (χ4n) is 5.92. The Morgan fingerprint density at radius 2 is 2.04 bits per heavy atom. The largest absolute Gasteiger partial charge is 0.462 e. The van der Waals surface area contributed by atoms with Crippen molar-refractivity contribution in [2.45, 2.75) is 51.2 Å². The molecule has 2 atom stereocenters. The molecule has 1 saturated heterocycles. The number of likely N-dealkylation sites (tertiary alicyclic amines) is 1. The molecule has 0 saturated carbocycles. The number of amides is 1. The predicted molar refractivity (Wildman–Crippen MR) is 181 cm³/mol. The van der Waals surface area contributed by atoms with Crippen LogP contribution in [-0.4, -0.2) is 97.2 Å². The number of anilines is 2. The van der Waals surface area contributed by atoms with E-state index >= 15 is 0 Å². The van der Waals surface area contributed by atoms with Crippen LogP contribution in [0.4, 0.5) is 20.3 Å². The number of alkyl halides is 2. The van der Waals surface area contributed by atoms with Crippen LogP contribution >= 0.6 is 11.6 Å². The van der Waals surface area contributed by atoms with Crippen LogP contribution in [0.5, 0.6) is 6.01 Å². The van der Waals surface area contributed by atoms with Gasteiger partial charge in [-0.15, -0.1) is 0 Å². The van der Waals surface area contributed by atoms with Crippen molar-refractivity contribution in [1.82, 2.24) is 19.8 Å². The predicted octanol–water partition coefficient (Wildman–Crippen LogP) is 5.49. The minimum atomic E-state index is -2.70. The van der Waals surface area contributed by atoms with Crippen LogP contribution in [0.2, 0.25) is 5.02 Å². The summed E-state index contributed by atoms with van der Waals surface area (Å²) in [5.41, 5.74) is 8.92. The minimum Gasteiger partial charge on any atom is -0.462 e. The summed E-state index contributed by atoms with van der Waals surface area (Å²) in [6.45, 7) is 13.0. The standard InChI is InChI=1S/C23H24ClF2N5O.C11H18N2O2/c1-30-13-23(25,26)10-15(30)12-32-22-28-18-11-31(9-8-16(18)21(27)29-22)19-7-3-5-14-4-2-6-17(24)20(14)19;1-5-13(10(2)9-12-3)11(14)7-6-8-15-4/h2-7,15H,8-13H2,1H3,(H2,27,28,29);6-7,10H,5,8-9H2,1-2,4H3/b;7-6+/t15-;10-/m01/s1. The van der Waals surface area contributed by atoms with Crippen LogP contribution in [0.15, 0.2) is 48.6 Å². The van der Waals surface area contributed by atoms with Crippen molar-refractivity contribution in [3.05, 3.63) is 76.2 Å². The lowest BCUT2D eigenvalue weighted by Crippen LogP contribution is -2.38. The van der Waals surface area contributed by atoms with Gasteiger partial charge in [0, 0.05) is 55.4 Å². The molecule has 13 heteroatoms. The van der Waals surface area contributed by atoms with E-state index in [0.29, 0.717) is 43.5 Å². The molecule has 1 amide bonds. The highest BCUT2D eigenvalue weighted by Gasteiger charge is 2.43. The van der Waals surface area contributed by atoms with Gasteiger partial charge in [0.1, 0.15) is 18.5 Å². The van der Waals surface area contributed by atoms with Gasteiger partial charge in [0.2, 0.25) is 12.5 Å². The van der Waals surface area contributed by atoms with Gasteiger partial charge in [0.15, 0.2) is 0 Å². The highest BCUT2D eigenvalue weighted by molar-refractivity contribution is 6.36. The number of ether oxygens (including phenoxy) is 2. The van der Waals surface area contributed by atoms with Crippen LogP contribution in [0.25, 0.3) is 15.6 Å². The van der Waals surface area contributed by atoms with Gasteiger partial charge in [-0.05, 0) is 44.8 Å². The first kappa shape index (κ1) is 35.8. The molecular formula is C34H42ClF2N7O3. The van der Waals surface area contributed by atoms with Gasteiger partial charge in [0.25, 0.3) is 5.92 Å². The monoisotopic (exact) mass is 669 g/mol. The maximum atomic E-state index is 13.6. The lowest BCUT2D eigenvalue weighted by Gasteiger charge is -2.31. The number of halogens is 3. The summed E-state index contributed by atoms with van der Waals surface area (Å²) in [5, 5.41) is 2.78. The molecule has 0 bridgehead atoms. The van der Waals surface area contributed by atoms with Gasteiger partial charge < -0.3 is 29.9 Å². The van der Waals surface area contributed by atoms with Gasteiger partial charge in [-0.1, -0.05) is 41.9 Å². The Morgan fingerprint density at radius 3 is 2.70 bits per heavy atom. The van der Waals surface area contributed by atoms with Gasteiger partial charge in [-0.2, -0.15) is 9.97 Å². The SMILES string of the molecule is CN1CC(F)(F)C[C@H]1COc1nc(N)c2c(n1)CN(c1cccc3cccc(Cl)c13)CC2.[C-]#[N+]C[C@@H](C)N(CC)C(=O)/C=C/COC. The van der Waals surface area contributed by atoms with Gasteiger partial charge in [0.05, 0.1) is 30.4 Å². The maximum absolute atomic E-state index is 13.6. The van der Waals surface area contributed by atoms with E-state index in [2.05, 4.69) is 25.8 Å². The lowest BCUT2D eigenvalue weighted by atomic mass is 10.0. The Hall–Kier alpha value is -4.05. The lowest BCUT2D eigenvalue weighted by molar-refractivity contribution is -0.127. The fraction of sp³-hybridized carbons (Fsp3) is 0.471. The van der Waals surface area contributed by atoms with Gasteiger partial charge in [-0.25, -0.2) is 15.4 Å². The number of carbonyl (C=O) groups excluding carboxylic acids is 1. The summed E-state index contributed by atoms with van der Waals surface area (Å²) in [6.07, 6.45) is 3.63. The zero-order valence-corrected chi connectivity index (χ0v) is 28.0. The maximum Gasteiger partial charge on any atom is 0.318 e. The molecule has 2 aliphatic heterocycles. The Morgan fingerprint density at radius 1 is 1.30 bits per heavy atom. The van der Waals surface area contributed by atoms with E-state index in [9.17, 15) is 13.6 Å². The van der Waals surface area contributed by atoms with Crippen LogP contribution < -0.4 is 15.4 Å². The number of hydrogen-bond acceptors (Lipinski definition) is 8. The Labute approximate surface area is 279 Å². The molecule has 47 heavy (non-hydrogen) atoms. The third-order valence-electron chi connectivity index (χ3n) is 8.33. The average molecular weight is 670 g/mol. The molecule has 1 fully saturated rings. The van der Waals surface area contributed by atoms with E-state index in [1.54, 1.807) is 30.0 Å². The smallest absolute Gasteiger partial charge is 0.318 e. The van der Waals surface area contributed by atoms with E-state index in [4.69, 9.17) is 33.4 Å². The van der Waals surface area contributed by atoms with Gasteiger partial charge in [-0.3, -0.25) is 9.69 Å². The molecule has 2 N–H and O–H groups in total. The fourth-order valence-corrected chi connectivity index (χ4v) is 6.20. The Balaban J connectivity index is 0.000000284. The van der Waals surface area contributed by atoms with E-state index in [1.165, 1.54) is 6.08 Å². The van der Waals surface area contributed by atoms with E-state index < -0.39 is 5.92 Å². The molecule has 5 rings (SSSR count). The summed E-state index contributed by atoms with van der Waals surface area (Å²) in [4.78, 5) is 29.3.